The zero-order valence-corrected chi connectivity index (χ0v) is 27.4. The molecule has 43 heavy (non-hydrogen) atoms. The van der Waals surface area contributed by atoms with Gasteiger partial charge in [0.1, 0.15) is 0 Å². The number of hydrogen-bond acceptors (Lipinski definition) is 10. The highest BCUT2D eigenvalue weighted by Crippen LogP contribution is 2.36. The molecule has 0 radical (unpaired) electrons. The summed E-state index contributed by atoms with van der Waals surface area (Å²) in [5.41, 5.74) is 2.58. The standard InChI is InChI=1S/C15H23N3O3.C8H8ClNO3.C7H16N2/c1-11-9-14(18(19)20)15(21-4)10-13(11)17-7-5-12(6-8-17)16(2)3;1-5-3-7(10(11)12)8(13-2)4-6(5)9;1-9(2)7-3-5-8-6-4-7/h9-10,12H,5-8H2,1-4H3;3-4H,1-2H3;7-8H,3-6H2,1-2H3. The Hall–Kier alpha value is -3.19. The van der Waals surface area contributed by atoms with Crippen LogP contribution in [0.4, 0.5) is 17.1 Å². The van der Waals surface area contributed by atoms with Crippen LogP contribution in [0, 0.1) is 34.1 Å². The summed E-state index contributed by atoms with van der Waals surface area (Å²) in [5, 5.41) is 25.4. The van der Waals surface area contributed by atoms with Gasteiger partial charge in [0.2, 0.25) is 0 Å². The second-order valence-corrected chi connectivity index (χ2v) is 11.6. The monoisotopic (exact) mass is 622 g/mol. The summed E-state index contributed by atoms with van der Waals surface area (Å²) in [6.07, 6.45) is 4.83. The molecule has 1 N–H and O–H groups in total. The van der Waals surface area contributed by atoms with E-state index in [1.807, 2.05) is 6.92 Å². The maximum Gasteiger partial charge on any atom is 0.311 e. The number of nitro benzene ring substituents is 2. The van der Waals surface area contributed by atoms with Crippen LogP contribution in [0.1, 0.15) is 36.8 Å². The fourth-order valence-electron chi connectivity index (χ4n) is 5.21. The fourth-order valence-corrected chi connectivity index (χ4v) is 5.36. The van der Waals surface area contributed by atoms with Gasteiger partial charge in [-0.05, 0) is 91.9 Å². The molecule has 0 aromatic heterocycles. The van der Waals surface area contributed by atoms with E-state index in [1.54, 1.807) is 19.1 Å². The highest BCUT2D eigenvalue weighted by Gasteiger charge is 2.25. The van der Waals surface area contributed by atoms with Crippen molar-refractivity contribution in [2.45, 2.75) is 51.6 Å². The van der Waals surface area contributed by atoms with Crippen LogP contribution in [0.25, 0.3) is 0 Å². The van der Waals surface area contributed by atoms with E-state index in [2.05, 4.69) is 48.2 Å². The number of hydrogen-bond donors (Lipinski definition) is 1. The van der Waals surface area contributed by atoms with Crippen molar-refractivity contribution >= 4 is 28.7 Å². The molecule has 12 nitrogen and oxygen atoms in total. The number of nitro groups is 2. The maximum absolute atomic E-state index is 11.0. The predicted octanol–water partition coefficient (Wildman–Crippen LogP) is 5.31. The van der Waals surface area contributed by atoms with Crippen LogP contribution < -0.4 is 19.7 Å². The molecular weight excluding hydrogens is 576 g/mol. The minimum atomic E-state index is -0.498. The highest BCUT2D eigenvalue weighted by molar-refractivity contribution is 6.31. The Kier molecular flexibility index (Phi) is 14.4. The zero-order valence-electron chi connectivity index (χ0n) is 26.7. The quantitative estimate of drug-likeness (QED) is 0.321. The first-order valence-corrected chi connectivity index (χ1v) is 14.8. The van der Waals surface area contributed by atoms with Gasteiger partial charge in [0.25, 0.3) is 0 Å². The third-order valence-electron chi connectivity index (χ3n) is 7.93. The second-order valence-electron chi connectivity index (χ2n) is 11.2. The number of benzene rings is 2. The molecule has 0 atom stereocenters. The summed E-state index contributed by atoms with van der Waals surface area (Å²) in [7, 11) is 11.4. The Bertz CT molecular complexity index is 1210. The lowest BCUT2D eigenvalue weighted by molar-refractivity contribution is -0.385. The molecule has 2 fully saturated rings. The molecule has 0 aliphatic carbocycles. The van der Waals surface area contributed by atoms with E-state index in [0.717, 1.165) is 43.2 Å². The Balaban J connectivity index is 0.000000249. The summed E-state index contributed by atoms with van der Waals surface area (Å²) in [6, 6.07) is 7.67. The van der Waals surface area contributed by atoms with Crippen LogP contribution >= 0.6 is 11.6 Å². The van der Waals surface area contributed by atoms with Crippen molar-refractivity contribution in [3.8, 4) is 11.5 Å². The summed E-state index contributed by atoms with van der Waals surface area (Å²) in [5.74, 6) is 0.510. The zero-order chi connectivity index (χ0) is 32.3. The summed E-state index contributed by atoms with van der Waals surface area (Å²) >= 11 is 5.77. The van der Waals surface area contributed by atoms with E-state index in [-0.39, 0.29) is 17.1 Å². The first-order chi connectivity index (χ1) is 20.3. The van der Waals surface area contributed by atoms with Gasteiger partial charge in [0.05, 0.1) is 24.1 Å². The smallest absolute Gasteiger partial charge is 0.311 e. The molecule has 240 valence electrons. The molecule has 13 heteroatoms. The topological polar surface area (TPSA) is 126 Å². The minimum Gasteiger partial charge on any atom is -0.490 e. The third-order valence-corrected chi connectivity index (χ3v) is 8.33. The predicted molar refractivity (Wildman–Crippen MR) is 172 cm³/mol. The van der Waals surface area contributed by atoms with Gasteiger partial charge in [-0.1, -0.05) is 11.6 Å². The number of halogens is 1. The van der Waals surface area contributed by atoms with Gasteiger partial charge in [-0.3, -0.25) is 20.2 Å². The lowest BCUT2D eigenvalue weighted by atomic mass is 10.0. The number of nitrogens with one attached hydrogen (secondary N) is 1. The van der Waals surface area contributed by atoms with Crippen molar-refractivity contribution in [3.63, 3.8) is 0 Å². The molecule has 0 bridgehead atoms. The van der Waals surface area contributed by atoms with Crippen molar-refractivity contribution in [2.75, 3.05) is 73.5 Å². The SMILES string of the molecule is CN(C)C1CCNCC1.COc1cc(Cl)c(C)cc1[N+](=O)[O-].COc1cc(N2CCC(N(C)C)CC2)c(C)cc1[N+](=O)[O-]. The van der Waals surface area contributed by atoms with Gasteiger partial charge in [-0.25, -0.2) is 0 Å². The van der Waals surface area contributed by atoms with Crippen LogP contribution in [0.2, 0.25) is 5.02 Å². The van der Waals surface area contributed by atoms with E-state index in [0.29, 0.717) is 22.4 Å². The molecular formula is C30H47ClN6O6. The van der Waals surface area contributed by atoms with Gasteiger partial charge in [0.15, 0.2) is 11.5 Å². The van der Waals surface area contributed by atoms with E-state index in [9.17, 15) is 20.2 Å². The molecule has 2 heterocycles. The Labute approximate surface area is 260 Å². The van der Waals surface area contributed by atoms with Crippen molar-refractivity contribution in [1.29, 1.82) is 0 Å². The summed E-state index contributed by atoms with van der Waals surface area (Å²) < 4.78 is 9.99. The van der Waals surface area contributed by atoms with Gasteiger partial charge in [0, 0.05) is 60.1 Å². The molecule has 2 aliphatic heterocycles. The molecule has 2 aromatic carbocycles. The molecule has 4 rings (SSSR count). The van der Waals surface area contributed by atoms with Crippen molar-refractivity contribution in [2.24, 2.45) is 0 Å². The maximum atomic E-state index is 11.0. The van der Waals surface area contributed by atoms with Crippen LogP contribution in [0.15, 0.2) is 24.3 Å². The summed E-state index contributed by atoms with van der Waals surface area (Å²) in [6.45, 7) is 7.94. The van der Waals surface area contributed by atoms with E-state index in [1.165, 1.54) is 52.3 Å². The molecule has 0 unspecified atom stereocenters. The van der Waals surface area contributed by atoms with Crippen LogP contribution in [0.5, 0.6) is 11.5 Å². The first-order valence-electron chi connectivity index (χ1n) is 14.4. The average Bonchev–Trinajstić information content (AvgIpc) is 2.99. The number of piperidine rings is 2. The van der Waals surface area contributed by atoms with E-state index in [4.69, 9.17) is 21.1 Å². The van der Waals surface area contributed by atoms with Crippen LogP contribution in [-0.4, -0.2) is 100 Å². The largest absolute Gasteiger partial charge is 0.490 e. The van der Waals surface area contributed by atoms with Gasteiger partial charge < -0.3 is 29.5 Å². The first kappa shape index (κ1) is 36.0. The molecule has 2 aromatic rings. The Morgan fingerprint density at radius 3 is 1.65 bits per heavy atom. The fraction of sp³-hybridized carbons (Fsp3) is 0.600. The summed E-state index contributed by atoms with van der Waals surface area (Å²) in [4.78, 5) is 27.6. The average molecular weight is 623 g/mol. The lowest BCUT2D eigenvalue weighted by Gasteiger charge is -2.37. The number of rotatable bonds is 7. The molecule has 2 saturated heterocycles. The highest BCUT2D eigenvalue weighted by atomic mass is 35.5. The van der Waals surface area contributed by atoms with Crippen LogP contribution in [-0.2, 0) is 0 Å². The van der Waals surface area contributed by atoms with Gasteiger partial charge in [-0.2, -0.15) is 0 Å². The normalized spacial score (nSPS) is 15.7. The molecule has 0 saturated carbocycles. The lowest BCUT2D eigenvalue weighted by Crippen LogP contribution is -2.42. The number of nitrogens with zero attached hydrogens (tertiary/aromatic N) is 5. The van der Waals surface area contributed by atoms with Gasteiger partial charge >= 0.3 is 11.4 Å². The number of aryl methyl sites for hydroxylation is 2. The Morgan fingerprint density at radius 2 is 1.23 bits per heavy atom. The van der Waals surface area contributed by atoms with Crippen molar-refractivity contribution in [3.05, 3.63) is 60.6 Å². The second kappa shape index (κ2) is 17.2. The minimum absolute atomic E-state index is 0.0296. The number of methoxy groups -OCH3 is 2. The Morgan fingerprint density at radius 1 is 0.791 bits per heavy atom. The third kappa shape index (κ3) is 10.5. The molecule has 0 spiro atoms. The van der Waals surface area contributed by atoms with Crippen LogP contribution in [0.3, 0.4) is 0 Å². The van der Waals surface area contributed by atoms with E-state index < -0.39 is 9.85 Å². The van der Waals surface area contributed by atoms with E-state index >= 15 is 0 Å². The molecule has 0 amide bonds. The van der Waals surface area contributed by atoms with Crippen molar-refractivity contribution < 1.29 is 19.3 Å². The molecule has 2 aliphatic rings. The van der Waals surface area contributed by atoms with Gasteiger partial charge in [-0.15, -0.1) is 0 Å². The number of anilines is 1. The van der Waals surface area contributed by atoms with Crippen molar-refractivity contribution in [1.82, 2.24) is 15.1 Å². The number of ether oxygens (including phenoxy) is 2.